The Bertz CT molecular complexity index is 818. The summed E-state index contributed by atoms with van der Waals surface area (Å²) in [5, 5.41) is 13.9. The number of hydrogen-bond donors (Lipinski definition) is 3. The van der Waals surface area contributed by atoms with E-state index >= 15 is 0 Å². The molecule has 0 aromatic heterocycles. The highest BCUT2D eigenvalue weighted by Gasteiger charge is 2.15. The molecule has 2 aromatic rings. The first-order valence-corrected chi connectivity index (χ1v) is 8.57. The summed E-state index contributed by atoms with van der Waals surface area (Å²) in [5.74, 6) is -1.29. The second-order valence-electron chi connectivity index (χ2n) is 5.93. The lowest BCUT2D eigenvalue weighted by molar-refractivity contribution is -0.138. The Hall–Kier alpha value is -3.39. The highest BCUT2D eigenvalue weighted by molar-refractivity contribution is 6.04. The summed E-state index contributed by atoms with van der Waals surface area (Å²) in [6.07, 6.45) is 0. The third kappa shape index (κ3) is 6.10. The molecular formula is C20H22N2O6. The number of amides is 2. The molecular weight excluding hydrogens is 364 g/mol. The average molecular weight is 386 g/mol. The molecule has 0 bridgehead atoms. The van der Waals surface area contributed by atoms with Gasteiger partial charge in [-0.2, -0.15) is 0 Å². The Labute approximate surface area is 162 Å². The lowest BCUT2D eigenvalue weighted by Gasteiger charge is -2.10. The lowest BCUT2D eigenvalue weighted by atomic mass is 10.1. The third-order valence-electron chi connectivity index (χ3n) is 3.80. The van der Waals surface area contributed by atoms with Crippen LogP contribution in [0.2, 0.25) is 0 Å². The van der Waals surface area contributed by atoms with Gasteiger partial charge in [-0.3, -0.25) is 14.4 Å². The fraction of sp³-hybridized carbons (Fsp3) is 0.250. The van der Waals surface area contributed by atoms with Crippen molar-refractivity contribution in [3.05, 3.63) is 59.7 Å². The molecule has 0 aliphatic rings. The Morgan fingerprint density at radius 2 is 1.50 bits per heavy atom. The van der Waals surface area contributed by atoms with Crippen LogP contribution in [0.15, 0.2) is 48.5 Å². The number of aliphatic carboxylic acids is 1. The molecule has 2 amide bonds. The molecule has 0 aliphatic heterocycles. The predicted molar refractivity (Wildman–Crippen MR) is 103 cm³/mol. The number of carbonyl (C=O) groups excluding carboxylic acids is 2. The van der Waals surface area contributed by atoms with Gasteiger partial charge in [-0.25, -0.2) is 0 Å². The minimum absolute atomic E-state index is 0.295. The van der Waals surface area contributed by atoms with Gasteiger partial charge in [0.1, 0.15) is 18.4 Å². The molecule has 0 spiro atoms. The number of methoxy groups -OCH3 is 1. The molecule has 148 valence electrons. The minimum atomic E-state index is -1.12. The number of carboxylic acid groups (broad SMARTS) is 1. The van der Waals surface area contributed by atoms with E-state index in [2.05, 4.69) is 10.6 Å². The van der Waals surface area contributed by atoms with Crippen molar-refractivity contribution in [2.24, 2.45) is 0 Å². The quantitative estimate of drug-likeness (QED) is 0.569. The molecule has 1 unspecified atom stereocenters. The number of carboxylic acids is 1. The van der Waals surface area contributed by atoms with E-state index in [0.29, 0.717) is 35.8 Å². The van der Waals surface area contributed by atoms with E-state index in [1.165, 1.54) is 19.1 Å². The first kappa shape index (κ1) is 20.9. The van der Waals surface area contributed by atoms with Crippen LogP contribution in [0.4, 0.5) is 5.69 Å². The van der Waals surface area contributed by atoms with E-state index in [9.17, 15) is 14.4 Å². The maximum Gasteiger partial charge on any atom is 0.325 e. The lowest BCUT2D eigenvalue weighted by Crippen LogP contribution is -2.38. The monoisotopic (exact) mass is 386 g/mol. The van der Waals surface area contributed by atoms with Crippen LogP contribution in [0.25, 0.3) is 0 Å². The van der Waals surface area contributed by atoms with Crippen LogP contribution < -0.4 is 15.4 Å². The fourth-order valence-electron chi connectivity index (χ4n) is 2.20. The van der Waals surface area contributed by atoms with Crippen LogP contribution in [-0.2, 0) is 9.53 Å². The number of ether oxygens (including phenoxy) is 2. The van der Waals surface area contributed by atoms with Gasteiger partial charge in [-0.05, 0) is 55.5 Å². The Morgan fingerprint density at radius 1 is 0.929 bits per heavy atom. The van der Waals surface area contributed by atoms with Gasteiger partial charge in [0.05, 0.1) is 6.61 Å². The van der Waals surface area contributed by atoms with Crippen LogP contribution in [0.1, 0.15) is 27.6 Å². The van der Waals surface area contributed by atoms with Gasteiger partial charge in [-0.1, -0.05) is 0 Å². The van der Waals surface area contributed by atoms with Crippen LogP contribution in [0.5, 0.6) is 5.75 Å². The second-order valence-corrected chi connectivity index (χ2v) is 5.93. The van der Waals surface area contributed by atoms with E-state index in [0.717, 1.165) is 0 Å². The maximum atomic E-state index is 12.3. The summed E-state index contributed by atoms with van der Waals surface area (Å²) in [6, 6.07) is 11.8. The van der Waals surface area contributed by atoms with Gasteiger partial charge in [0.2, 0.25) is 0 Å². The smallest absolute Gasteiger partial charge is 0.325 e. The van der Waals surface area contributed by atoms with Crippen molar-refractivity contribution in [3.63, 3.8) is 0 Å². The summed E-state index contributed by atoms with van der Waals surface area (Å²) in [7, 11) is 1.59. The van der Waals surface area contributed by atoms with Crippen molar-refractivity contribution in [2.45, 2.75) is 13.0 Å². The van der Waals surface area contributed by atoms with E-state index in [4.69, 9.17) is 14.6 Å². The van der Waals surface area contributed by atoms with Gasteiger partial charge >= 0.3 is 5.97 Å². The van der Waals surface area contributed by atoms with Gasteiger partial charge < -0.3 is 25.2 Å². The first-order valence-electron chi connectivity index (χ1n) is 8.57. The molecule has 0 radical (unpaired) electrons. The molecule has 2 rings (SSSR count). The summed E-state index contributed by atoms with van der Waals surface area (Å²) in [4.78, 5) is 35.1. The van der Waals surface area contributed by atoms with E-state index in [1.54, 1.807) is 43.5 Å². The van der Waals surface area contributed by atoms with Crippen molar-refractivity contribution in [3.8, 4) is 5.75 Å². The predicted octanol–water partition coefficient (Wildman–Crippen LogP) is 2.17. The maximum absolute atomic E-state index is 12.3. The summed E-state index contributed by atoms with van der Waals surface area (Å²) < 4.78 is 10.3. The first-order chi connectivity index (χ1) is 13.4. The van der Waals surface area contributed by atoms with Crippen LogP contribution in [0.3, 0.4) is 0 Å². The Balaban J connectivity index is 1.93. The van der Waals surface area contributed by atoms with Crippen molar-refractivity contribution >= 4 is 23.5 Å². The number of carbonyl (C=O) groups is 3. The molecule has 0 aliphatic carbocycles. The van der Waals surface area contributed by atoms with Crippen molar-refractivity contribution in [1.29, 1.82) is 0 Å². The van der Waals surface area contributed by atoms with Crippen molar-refractivity contribution in [2.75, 3.05) is 25.6 Å². The number of hydrogen-bond acceptors (Lipinski definition) is 5. The van der Waals surface area contributed by atoms with Gasteiger partial charge in [-0.15, -0.1) is 0 Å². The van der Waals surface area contributed by atoms with Crippen molar-refractivity contribution < 1.29 is 29.0 Å². The van der Waals surface area contributed by atoms with E-state index < -0.39 is 17.9 Å². The number of rotatable bonds is 9. The molecule has 1 atom stereocenters. The zero-order valence-electron chi connectivity index (χ0n) is 15.6. The summed E-state index contributed by atoms with van der Waals surface area (Å²) in [6.45, 7) is 2.28. The topological polar surface area (TPSA) is 114 Å². The molecule has 0 saturated heterocycles. The molecule has 3 N–H and O–H groups in total. The molecule has 0 heterocycles. The molecule has 8 nitrogen and oxygen atoms in total. The number of anilines is 1. The highest BCUT2D eigenvalue weighted by Crippen LogP contribution is 2.15. The molecule has 8 heteroatoms. The SMILES string of the molecule is COCCOc1ccc(C(=O)Nc2ccc(C(=O)NC(C)C(=O)O)cc2)cc1. The Morgan fingerprint density at radius 3 is 2.07 bits per heavy atom. The van der Waals surface area contributed by atoms with E-state index in [1.807, 2.05) is 0 Å². The zero-order valence-corrected chi connectivity index (χ0v) is 15.6. The van der Waals surface area contributed by atoms with Crippen LogP contribution in [-0.4, -0.2) is 49.3 Å². The molecule has 28 heavy (non-hydrogen) atoms. The summed E-state index contributed by atoms with van der Waals surface area (Å²) in [5.41, 5.74) is 1.26. The second kappa shape index (κ2) is 10.1. The van der Waals surface area contributed by atoms with Gasteiger partial charge in [0.15, 0.2) is 0 Å². The molecule has 2 aromatic carbocycles. The average Bonchev–Trinajstić information content (AvgIpc) is 2.69. The molecule has 0 fully saturated rings. The Kier molecular flexibility index (Phi) is 7.53. The minimum Gasteiger partial charge on any atom is -0.491 e. The summed E-state index contributed by atoms with van der Waals surface area (Å²) >= 11 is 0. The molecule has 0 saturated carbocycles. The third-order valence-corrected chi connectivity index (χ3v) is 3.80. The van der Waals surface area contributed by atoms with E-state index in [-0.39, 0.29) is 5.91 Å². The van der Waals surface area contributed by atoms with Crippen LogP contribution in [0, 0.1) is 0 Å². The number of benzene rings is 2. The van der Waals surface area contributed by atoms with Gasteiger partial charge in [0.25, 0.3) is 11.8 Å². The van der Waals surface area contributed by atoms with Crippen molar-refractivity contribution in [1.82, 2.24) is 5.32 Å². The fourth-order valence-corrected chi connectivity index (χ4v) is 2.20. The zero-order chi connectivity index (χ0) is 20.5. The largest absolute Gasteiger partial charge is 0.491 e. The standard InChI is InChI=1S/C20H22N2O6/c1-13(20(25)26)21-18(23)14-3-7-16(8-4-14)22-19(24)15-5-9-17(10-6-15)28-12-11-27-2/h3-10,13H,11-12H2,1-2H3,(H,21,23)(H,22,24)(H,25,26). The normalized spacial score (nSPS) is 11.4. The van der Waals surface area contributed by atoms with Gasteiger partial charge in [0, 0.05) is 23.9 Å². The van der Waals surface area contributed by atoms with Crippen LogP contribution >= 0.6 is 0 Å². The number of nitrogens with one attached hydrogen (secondary N) is 2. The highest BCUT2D eigenvalue weighted by atomic mass is 16.5.